The molecule has 1 N–H and O–H groups in total. The van der Waals surface area contributed by atoms with Gasteiger partial charge in [0.05, 0.1) is 8.66 Å². The van der Waals surface area contributed by atoms with Crippen LogP contribution in [0, 0.1) is 0 Å². The van der Waals surface area contributed by atoms with Crippen molar-refractivity contribution in [2.75, 3.05) is 5.32 Å². The highest BCUT2D eigenvalue weighted by molar-refractivity contribution is 9.11. The highest BCUT2D eigenvalue weighted by Crippen LogP contribution is 2.25. The summed E-state index contributed by atoms with van der Waals surface area (Å²) >= 11 is 4.75. The molecule has 22 heavy (non-hydrogen) atoms. The van der Waals surface area contributed by atoms with Crippen LogP contribution in [0.25, 0.3) is 0 Å². The van der Waals surface area contributed by atoms with E-state index >= 15 is 0 Å². The average molecular weight is 374 g/mol. The standard InChI is InChI=1S/C17H12BrNO2S/c18-16-11-10-15(22-16)17(20)19-12-6-8-14(9-7-12)21-13-4-2-1-3-5-13/h1-11H,(H,19,20). The van der Waals surface area contributed by atoms with E-state index in [2.05, 4.69) is 21.2 Å². The Kier molecular flexibility index (Phi) is 4.56. The van der Waals surface area contributed by atoms with E-state index in [0.29, 0.717) is 4.88 Å². The van der Waals surface area contributed by atoms with Gasteiger partial charge >= 0.3 is 0 Å². The van der Waals surface area contributed by atoms with E-state index in [1.165, 1.54) is 11.3 Å². The second-order valence-electron chi connectivity index (χ2n) is 4.50. The summed E-state index contributed by atoms with van der Waals surface area (Å²) in [6.45, 7) is 0. The van der Waals surface area contributed by atoms with Crippen LogP contribution in [0.3, 0.4) is 0 Å². The molecule has 1 amide bonds. The molecule has 0 saturated carbocycles. The van der Waals surface area contributed by atoms with Gasteiger partial charge in [0.1, 0.15) is 11.5 Å². The molecule has 0 radical (unpaired) electrons. The fourth-order valence-electron chi connectivity index (χ4n) is 1.86. The number of nitrogens with one attached hydrogen (secondary N) is 1. The van der Waals surface area contributed by atoms with E-state index < -0.39 is 0 Å². The van der Waals surface area contributed by atoms with Gasteiger partial charge in [-0.2, -0.15) is 0 Å². The Morgan fingerprint density at radius 1 is 0.909 bits per heavy atom. The molecule has 0 aliphatic rings. The van der Waals surface area contributed by atoms with E-state index in [4.69, 9.17) is 4.74 Å². The van der Waals surface area contributed by atoms with Crippen molar-refractivity contribution >= 4 is 38.9 Å². The van der Waals surface area contributed by atoms with Crippen molar-refractivity contribution < 1.29 is 9.53 Å². The van der Waals surface area contributed by atoms with Crippen LogP contribution < -0.4 is 10.1 Å². The van der Waals surface area contributed by atoms with Gasteiger partial charge in [-0.15, -0.1) is 11.3 Å². The van der Waals surface area contributed by atoms with Crippen LogP contribution in [0.15, 0.2) is 70.5 Å². The van der Waals surface area contributed by atoms with Gasteiger partial charge < -0.3 is 10.1 Å². The van der Waals surface area contributed by atoms with Crippen LogP contribution in [0.2, 0.25) is 0 Å². The second kappa shape index (κ2) is 6.77. The quantitative estimate of drug-likeness (QED) is 0.650. The normalized spacial score (nSPS) is 10.2. The topological polar surface area (TPSA) is 38.3 Å². The predicted octanol–water partition coefficient (Wildman–Crippen LogP) is 5.56. The van der Waals surface area contributed by atoms with E-state index in [1.807, 2.05) is 60.7 Å². The zero-order chi connectivity index (χ0) is 15.4. The summed E-state index contributed by atoms with van der Waals surface area (Å²) in [5.74, 6) is 1.39. The number of carbonyl (C=O) groups is 1. The number of anilines is 1. The molecular weight excluding hydrogens is 362 g/mol. The van der Waals surface area contributed by atoms with Crippen LogP contribution in [-0.2, 0) is 0 Å². The minimum absolute atomic E-state index is 0.118. The first-order valence-electron chi connectivity index (χ1n) is 6.60. The third-order valence-corrected chi connectivity index (χ3v) is 4.51. The van der Waals surface area contributed by atoms with Crippen molar-refractivity contribution in [3.05, 3.63) is 75.4 Å². The minimum Gasteiger partial charge on any atom is -0.457 e. The number of benzene rings is 2. The number of ether oxygens (including phenoxy) is 1. The number of halogens is 1. The Balaban J connectivity index is 1.65. The highest BCUT2D eigenvalue weighted by Gasteiger charge is 2.08. The molecule has 0 spiro atoms. The first kappa shape index (κ1) is 14.8. The van der Waals surface area contributed by atoms with Gasteiger partial charge in [-0.3, -0.25) is 4.79 Å². The summed E-state index contributed by atoms with van der Waals surface area (Å²) in [7, 11) is 0. The molecule has 0 aliphatic carbocycles. The third-order valence-electron chi connectivity index (χ3n) is 2.89. The molecule has 3 nitrogen and oxygen atoms in total. The van der Waals surface area contributed by atoms with Crippen LogP contribution in [-0.4, -0.2) is 5.91 Å². The summed E-state index contributed by atoms with van der Waals surface area (Å²) < 4.78 is 6.64. The van der Waals surface area contributed by atoms with E-state index in [-0.39, 0.29) is 5.91 Å². The largest absolute Gasteiger partial charge is 0.457 e. The third kappa shape index (κ3) is 3.75. The summed E-state index contributed by atoms with van der Waals surface area (Å²) in [6, 6.07) is 20.5. The van der Waals surface area contributed by atoms with Crippen molar-refractivity contribution in [1.29, 1.82) is 0 Å². The van der Waals surface area contributed by atoms with Crippen molar-refractivity contribution in [3.8, 4) is 11.5 Å². The maximum absolute atomic E-state index is 12.1. The van der Waals surface area contributed by atoms with E-state index in [0.717, 1.165) is 21.0 Å². The second-order valence-corrected chi connectivity index (χ2v) is 6.96. The number of rotatable bonds is 4. The lowest BCUT2D eigenvalue weighted by molar-refractivity contribution is 0.103. The molecule has 1 heterocycles. The van der Waals surface area contributed by atoms with Crippen molar-refractivity contribution in [2.45, 2.75) is 0 Å². The summed E-state index contributed by atoms with van der Waals surface area (Å²) in [6.07, 6.45) is 0. The van der Waals surface area contributed by atoms with E-state index in [9.17, 15) is 4.79 Å². The van der Waals surface area contributed by atoms with Crippen LogP contribution in [0.1, 0.15) is 9.67 Å². The van der Waals surface area contributed by atoms with Gasteiger partial charge in [0.2, 0.25) is 0 Å². The summed E-state index contributed by atoms with van der Waals surface area (Å²) in [5, 5.41) is 2.86. The smallest absolute Gasteiger partial charge is 0.265 e. The Morgan fingerprint density at radius 3 is 2.23 bits per heavy atom. The van der Waals surface area contributed by atoms with E-state index in [1.54, 1.807) is 6.07 Å². The van der Waals surface area contributed by atoms with Gasteiger partial charge in [0, 0.05) is 5.69 Å². The van der Waals surface area contributed by atoms with Gasteiger partial charge in [0.15, 0.2) is 0 Å². The van der Waals surface area contributed by atoms with Crippen molar-refractivity contribution in [2.24, 2.45) is 0 Å². The molecule has 0 bridgehead atoms. The van der Waals surface area contributed by atoms with Crippen molar-refractivity contribution in [1.82, 2.24) is 0 Å². The number of para-hydroxylation sites is 1. The lowest BCUT2D eigenvalue weighted by atomic mass is 10.3. The Labute approximate surface area is 140 Å². The molecule has 0 atom stereocenters. The molecule has 1 aromatic heterocycles. The molecule has 0 unspecified atom stereocenters. The number of thiophene rings is 1. The Hall–Kier alpha value is -2.11. The van der Waals surface area contributed by atoms with Gasteiger partial charge in [-0.25, -0.2) is 0 Å². The number of hydrogen-bond acceptors (Lipinski definition) is 3. The molecule has 110 valence electrons. The number of carbonyl (C=O) groups excluding carboxylic acids is 1. The fourth-order valence-corrected chi connectivity index (χ4v) is 3.14. The number of amides is 1. The van der Waals surface area contributed by atoms with Crippen LogP contribution in [0.5, 0.6) is 11.5 Å². The molecule has 3 rings (SSSR count). The summed E-state index contributed by atoms with van der Waals surface area (Å²) in [5.41, 5.74) is 0.731. The predicted molar refractivity (Wildman–Crippen MR) is 92.9 cm³/mol. The highest BCUT2D eigenvalue weighted by atomic mass is 79.9. The first-order chi connectivity index (χ1) is 10.7. The molecular formula is C17H12BrNO2S. The van der Waals surface area contributed by atoms with Gasteiger partial charge in [0.25, 0.3) is 5.91 Å². The molecule has 0 aliphatic heterocycles. The lowest BCUT2D eigenvalue weighted by Crippen LogP contribution is -2.09. The molecule has 3 aromatic rings. The monoisotopic (exact) mass is 373 g/mol. The van der Waals surface area contributed by atoms with Gasteiger partial charge in [-0.1, -0.05) is 18.2 Å². The minimum atomic E-state index is -0.118. The molecule has 0 fully saturated rings. The molecule has 5 heteroatoms. The van der Waals surface area contributed by atoms with Crippen LogP contribution >= 0.6 is 27.3 Å². The van der Waals surface area contributed by atoms with Crippen LogP contribution in [0.4, 0.5) is 5.69 Å². The number of hydrogen-bond donors (Lipinski definition) is 1. The average Bonchev–Trinajstić information content (AvgIpc) is 2.97. The van der Waals surface area contributed by atoms with Crippen molar-refractivity contribution in [3.63, 3.8) is 0 Å². The molecule has 2 aromatic carbocycles. The molecule has 0 saturated heterocycles. The fraction of sp³-hybridized carbons (Fsp3) is 0. The Bertz CT molecular complexity index is 769. The Morgan fingerprint density at radius 2 is 1.59 bits per heavy atom. The zero-order valence-electron chi connectivity index (χ0n) is 11.5. The van der Waals surface area contributed by atoms with Gasteiger partial charge in [-0.05, 0) is 64.5 Å². The summed E-state index contributed by atoms with van der Waals surface area (Å²) in [4.78, 5) is 12.7. The lowest BCUT2D eigenvalue weighted by Gasteiger charge is -2.07. The zero-order valence-corrected chi connectivity index (χ0v) is 13.9. The maximum atomic E-state index is 12.1. The maximum Gasteiger partial charge on any atom is 0.265 e. The SMILES string of the molecule is O=C(Nc1ccc(Oc2ccccc2)cc1)c1ccc(Br)s1. The first-order valence-corrected chi connectivity index (χ1v) is 8.21.